The van der Waals surface area contributed by atoms with Crippen LogP contribution in [0, 0.1) is 5.92 Å². The minimum Gasteiger partial charge on any atom is -0.321 e. The van der Waals surface area contributed by atoms with Crippen molar-refractivity contribution in [3.8, 4) is 0 Å². The van der Waals surface area contributed by atoms with E-state index in [4.69, 9.17) is 0 Å². The first kappa shape index (κ1) is 17.1. The second kappa shape index (κ2) is 7.72. The van der Waals surface area contributed by atoms with Gasteiger partial charge in [0.25, 0.3) is 0 Å². The average Bonchev–Trinajstić information content (AvgIpc) is 2.47. The van der Waals surface area contributed by atoms with Crippen molar-refractivity contribution < 1.29 is 18.8 Å². The molecule has 0 saturated heterocycles. The summed E-state index contributed by atoms with van der Waals surface area (Å²) in [5.41, 5.74) is 0.308. The Labute approximate surface area is 120 Å². The van der Waals surface area contributed by atoms with Gasteiger partial charge in [0.2, 0.25) is 0 Å². The van der Waals surface area contributed by atoms with Gasteiger partial charge in [0.1, 0.15) is 0 Å². The van der Waals surface area contributed by atoms with E-state index in [9.17, 15) is 14.3 Å². The Morgan fingerprint density at radius 1 is 1.35 bits per heavy atom. The number of hydrogen-bond donors (Lipinski definition) is 1. The molecule has 0 aliphatic heterocycles. The molecule has 4 nitrogen and oxygen atoms in total. The first-order valence-electron chi connectivity index (χ1n) is 7.00. The minimum absolute atomic E-state index is 0.0668. The number of carbonyl (C=O) groups excluding carboxylic acids is 1. The first-order chi connectivity index (χ1) is 9.47. The maximum absolute atomic E-state index is 12.6. The summed E-state index contributed by atoms with van der Waals surface area (Å²) >= 11 is 0. The third kappa shape index (κ3) is 4.02. The maximum Gasteiger partial charge on any atom is 0.359 e. The third-order valence-electron chi connectivity index (χ3n) is 3.49. The van der Waals surface area contributed by atoms with Crippen LogP contribution in [-0.4, -0.2) is 17.8 Å². The van der Waals surface area contributed by atoms with Gasteiger partial charge in [0.05, 0.1) is 5.30 Å². The van der Waals surface area contributed by atoms with Crippen LogP contribution in [0.25, 0.3) is 0 Å². The lowest BCUT2D eigenvalue weighted by Crippen LogP contribution is -2.22. The lowest BCUT2D eigenvalue weighted by atomic mass is 9.90. The van der Waals surface area contributed by atoms with Crippen molar-refractivity contribution in [2.75, 3.05) is 7.11 Å². The molecule has 1 rings (SSSR count). The molecule has 0 saturated carbocycles. The van der Waals surface area contributed by atoms with Gasteiger partial charge in [0.15, 0.2) is 5.78 Å². The molecule has 0 spiro atoms. The highest BCUT2D eigenvalue weighted by Crippen LogP contribution is 2.41. The molecule has 0 fully saturated rings. The van der Waals surface area contributed by atoms with Gasteiger partial charge in [-0.15, -0.1) is 0 Å². The largest absolute Gasteiger partial charge is 0.359 e. The number of carbonyl (C=O) groups is 1. The topological polar surface area (TPSA) is 63.6 Å². The van der Waals surface area contributed by atoms with E-state index in [1.165, 1.54) is 13.2 Å². The minimum atomic E-state index is -3.91. The Bertz CT molecular complexity index is 498. The molecule has 0 aliphatic carbocycles. The van der Waals surface area contributed by atoms with Gasteiger partial charge in [-0.1, -0.05) is 44.9 Å². The van der Waals surface area contributed by atoms with Crippen LogP contribution in [0.4, 0.5) is 0 Å². The molecule has 0 amide bonds. The summed E-state index contributed by atoms with van der Waals surface area (Å²) in [5.74, 6) is -0.171. The van der Waals surface area contributed by atoms with E-state index in [2.05, 4.69) is 11.4 Å². The summed E-state index contributed by atoms with van der Waals surface area (Å²) in [5, 5.41) is 0.0995. The van der Waals surface area contributed by atoms with Crippen LogP contribution >= 0.6 is 7.60 Å². The van der Waals surface area contributed by atoms with E-state index < -0.39 is 7.60 Å². The molecule has 0 radical (unpaired) electrons. The van der Waals surface area contributed by atoms with Crippen molar-refractivity contribution >= 4 is 18.7 Å². The Morgan fingerprint density at radius 3 is 2.55 bits per heavy atom. The summed E-state index contributed by atoms with van der Waals surface area (Å²) < 4.78 is 16.7. The second-order valence-corrected chi connectivity index (χ2v) is 6.72. The summed E-state index contributed by atoms with van der Waals surface area (Å²) in [6.07, 6.45) is 3.55. The molecule has 20 heavy (non-hydrogen) atoms. The van der Waals surface area contributed by atoms with Crippen LogP contribution in [0.2, 0.25) is 0 Å². The summed E-state index contributed by atoms with van der Waals surface area (Å²) in [7, 11) is -2.74. The first-order valence-corrected chi connectivity index (χ1v) is 8.58. The van der Waals surface area contributed by atoms with Crippen molar-refractivity contribution in [1.82, 2.24) is 0 Å². The molecule has 112 valence electrons. The van der Waals surface area contributed by atoms with E-state index >= 15 is 0 Å². The normalized spacial score (nSPS) is 15.6. The Kier molecular flexibility index (Phi) is 6.60. The van der Waals surface area contributed by atoms with E-state index in [0.717, 1.165) is 25.7 Å². The molecular formula is C15H23O4P. The van der Waals surface area contributed by atoms with Crippen molar-refractivity contribution in [3.63, 3.8) is 0 Å². The maximum atomic E-state index is 12.6. The third-order valence-corrected chi connectivity index (χ3v) is 4.98. The monoisotopic (exact) mass is 298 g/mol. The molecule has 5 heteroatoms. The fourth-order valence-electron chi connectivity index (χ4n) is 2.22. The summed E-state index contributed by atoms with van der Waals surface area (Å²) in [6, 6.07) is 6.44. The zero-order valence-electron chi connectivity index (χ0n) is 12.3. The Balaban J connectivity index is 3.12. The quantitative estimate of drug-likeness (QED) is 0.589. The number of Topliss-reactive ketones (excluding diaryl/α,β-unsaturated/α-hetero) is 1. The van der Waals surface area contributed by atoms with Crippen LogP contribution in [-0.2, 0) is 9.09 Å². The molecule has 0 aromatic heterocycles. The fraction of sp³-hybridized carbons (Fsp3) is 0.533. The number of hydrogen-bond acceptors (Lipinski definition) is 3. The predicted octanol–water partition coefficient (Wildman–Crippen LogP) is 3.54. The molecule has 0 aliphatic rings. The van der Waals surface area contributed by atoms with Crippen molar-refractivity contribution in [2.24, 2.45) is 5.92 Å². The van der Waals surface area contributed by atoms with Crippen LogP contribution in [0.1, 0.15) is 49.9 Å². The van der Waals surface area contributed by atoms with Crippen LogP contribution < -0.4 is 5.30 Å². The summed E-state index contributed by atoms with van der Waals surface area (Å²) in [6.45, 7) is 4.05. The second-order valence-electron chi connectivity index (χ2n) is 4.83. The molecule has 1 aromatic rings. The average molecular weight is 298 g/mol. The highest BCUT2D eigenvalue weighted by atomic mass is 31.2. The van der Waals surface area contributed by atoms with Crippen molar-refractivity contribution in [3.05, 3.63) is 29.8 Å². The van der Waals surface area contributed by atoms with Gasteiger partial charge in [0, 0.05) is 18.6 Å². The molecular weight excluding hydrogens is 275 g/mol. The Hall–Kier alpha value is -0.960. The van der Waals surface area contributed by atoms with E-state index in [0.29, 0.717) is 5.56 Å². The van der Waals surface area contributed by atoms with Gasteiger partial charge >= 0.3 is 7.60 Å². The smallest absolute Gasteiger partial charge is 0.321 e. The lowest BCUT2D eigenvalue weighted by molar-refractivity contribution is 0.0909. The van der Waals surface area contributed by atoms with Crippen molar-refractivity contribution in [1.29, 1.82) is 0 Å². The van der Waals surface area contributed by atoms with E-state index in [1.54, 1.807) is 18.2 Å². The molecule has 2 unspecified atom stereocenters. The highest BCUT2D eigenvalue weighted by Gasteiger charge is 2.29. The van der Waals surface area contributed by atoms with Gasteiger partial charge in [-0.2, -0.15) is 0 Å². The van der Waals surface area contributed by atoms with E-state index in [1.807, 2.05) is 6.92 Å². The Morgan fingerprint density at radius 2 is 2.00 bits per heavy atom. The number of rotatable bonds is 8. The van der Waals surface area contributed by atoms with Gasteiger partial charge in [-0.05, 0) is 18.9 Å². The molecule has 0 heterocycles. The molecule has 0 bridgehead atoms. The SMILES string of the molecule is CCCCC(CC)C(=O)c1ccccc1P(=O)(O)OC. The van der Waals surface area contributed by atoms with Crippen LogP contribution in [0.3, 0.4) is 0 Å². The fourth-order valence-corrected chi connectivity index (χ4v) is 3.18. The molecule has 2 atom stereocenters. The van der Waals surface area contributed by atoms with Crippen LogP contribution in [0.15, 0.2) is 24.3 Å². The zero-order chi connectivity index (χ0) is 15.2. The van der Waals surface area contributed by atoms with Crippen molar-refractivity contribution in [2.45, 2.75) is 39.5 Å². The number of unbranched alkanes of at least 4 members (excludes halogenated alkanes) is 1. The number of ketones is 1. The van der Waals surface area contributed by atoms with Gasteiger partial charge in [-0.25, -0.2) is 0 Å². The van der Waals surface area contributed by atoms with Gasteiger partial charge in [-0.3, -0.25) is 9.36 Å². The van der Waals surface area contributed by atoms with E-state index in [-0.39, 0.29) is 17.0 Å². The van der Waals surface area contributed by atoms with Crippen LogP contribution in [0.5, 0.6) is 0 Å². The number of benzene rings is 1. The highest BCUT2D eigenvalue weighted by molar-refractivity contribution is 7.61. The molecule has 1 N–H and O–H groups in total. The molecule has 1 aromatic carbocycles. The predicted molar refractivity (Wildman–Crippen MR) is 80.5 cm³/mol. The standard InChI is InChI=1S/C15H23O4P/c1-4-6-9-12(5-2)15(16)13-10-7-8-11-14(13)20(17,18)19-3/h7-8,10-12H,4-6,9H2,1-3H3,(H,17,18). The van der Waals surface area contributed by atoms with Gasteiger partial charge < -0.3 is 9.42 Å². The lowest BCUT2D eigenvalue weighted by Gasteiger charge is -2.17. The summed E-state index contributed by atoms with van der Waals surface area (Å²) in [4.78, 5) is 22.4. The zero-order valence-corrected chi connectivity index (χ0v) is 13.2.